The first-order valence-electron chi connectivity index (χ1n) is 27.1. The lowest BCUT2D eigenvalue weighted by molar-refractivity contribution is -0.139. The third-order valence-electron chi connectivity index (χ3n) is 15.4. The van der Waals surface area contributed by atoms with Crippen LogP contribution < -0.4 is 10.6 Å². The molecule has 0 bridgehead atoms. The molecule has 2 aromatic heterocycles. The quantitative estimate of drug-likeness (QED) is 0.0950. The number of ether oxygens (including phenoxy) is 2. The average Bonchev–Trinajstić information content (AvgIpc) is 3.44. The first-order valence-corrected chi connectivity index (χ1v) is 29.6. The Kier molecular flexibility index (Phi) is 18.4. The van der Waals surface area contributed by atoms with Gasteiger partial charge in [0.25, 0.3) is 0 Å². The highest BCUT2D eigenvalue weighted by Crippen LogP contribution is 2.41. The summed E-state index contributed by atoms with van der Waals surface area (Å²) in [4.78, 5) is 83.2. The number of hydrogen-bond acceptors (Lipinski definition) is 18. The van der Waals surface area contributed by atoms with E-state index in [-0.39, 0.29) is 108 Å². The van der Waals surface area contributed by atoms with Crippen molar-refractivity contribution in [3.63, 3.8) is 0 Å². The highest BCUT2D eigenvalue weighted by atomic mass is 35.5. The third-order valence-corrected chi connectivity index (χ3v) is 17.7. The van der Waals surface area contributed by atoms with Crippen LogP contribution >= 0.6 is 45.9 Å². The molecule has 4 N–H and O–H groups in total. The van der Waals surface area contributed by atoms with Gasteiger partial charge < -0.3 is 49.9 Å². The second-order valence-electron chi connectivity index (χ2n) is 22.3. The van der Waals surface area contributed by atoms with Crippen LogP contribution in [0.15, 0.2) is 92.1 Å². The zero-order valence-corrected chi connectivity index (χ0v) is 50.0. The largest absolute Gasteiger partial charge is 0.463 e. The van der Waals surface area contributed by atoms with Crippen LogP contribution in [0.2, 0.25) is 10.0 Å². The maximum atomic E-state index is 14.6. The predicted octanol–water partition coefficient (Wildman–Crippen LogP) is 6.85. The van der Waals surface area contributed by atoms with Crippen molar-refractivity contribution in [2.24, 2.45) is 9.98 Å². The summed E-state index contributed by atoms with van der Waals surface area (Å²) in [7, 11) is 0. The molecule has 8 heterocycles. The van der Waals surface area contributed by atoms with Crippen LogP contribution in [0.4, 0.5) is 18.4 Å². The number of amidine groups is 2. The number of nitrogens with zero attached hydrogens (tertiary/aromatic N) is 10. The van der Waals surface area contributed by atoms with Crippen molar-refractivity contribution < 1.29 is 47.6 Å². The number of aliphatic imine (C=N–C) groups is 2. The van der Waals surface area contributed by atoms with Gasteiger partial charge in [-0.05, 0) is 67.5 Å². The van der Waals surface area contributed by atoms with Gasteiger partial charge in [-0.15, -0.1) is 22.7 Å². The Balaban J connectivity index is 0.000000198. The predicted molar refractivity (Wildman–Crippen MR) is 309 cm³/mol. The molecule has 0 radical (unpaired) electrons. The van der Waals surface area contributed by atoms with Crippen molar-refractivity contribution in [1.82, 2.24) is 50.0 Å². The standard InChI is InChI=1S/2C28H34ClFN6O4S/c2*1-5-40-26(38)21-18(13-34-10-11-35-19(20(34)15-37)14-36(27(35)39)28(2,3)4)32-24(25-31-9-12-41-25)33-23(21)16-7-6-8-17(30)22(16)29/h2*6-9,12,19-20,23,37H,5,10-11,13-15H2,1-4H3,(H,32,33)/t19-,20-,23+;19-,20-,23-/m10/s1. The number of aliphatic hydroxyl groups excluding tert-OH is 2. The topological polar surface area (TPSA) is 221 Å². The van der Waals surface area contributed by atoms with Gasteiger partial charge in [0.05, 0.1) is 71.8 Å². The van der Waals surface area contributed by atoms with Crippen molar-refractivity contribution in [2.75, 3.05) is 78.8 Å². The molecule has 26 heteroatoms. The molecule has 4 amide bonds. The van der Waals surface area contributed by atoms with Crippen molar-refractivity contribution in [3.8, 4) is 0 Å². The normalized spacial score (nSPS) is 23.4. The van der Waals surface area contributed by atoms with Gasteiger partial charge in [0.15, 0.2) is 21.7 Å². The number of esters is 2. The average molecular weight is 1210 g/mol. The minimum atomic E-state index is -0.953. The molecule has 4 aromatic rings. The number of hydrogen-bond donors (Lipinski definition) is 4. The Labute approximate surface area is 493 Å². The van der Waals surface area contributed by atoms with Crippen LogP contribution in [0.3, 0.4) is 0 Å². The molecule has 0 unspecified atom stereocenters. The molecule has 20 nitrogen and oxygen atoms in total. The van der Waals surface area contributed by atoms with Crippen LogP contribution in [-0.4, -0.2) is 199 Å². The summed E-state index contributed by atoms with van der Waals surface area (Å²) in [5, 5.41) is 32.3. The van der Waals surface area contributed by atoms with Crippen LogP contribution in [-0.2, 0) is 19.1 Å². The van der Waals surface area contributed by atoms with Gasteiger partial charge >= 0.3 is 24.0 Å². The van der Waals surface area contributed by atoms with Gasteiger partial charge in [0.1, 0.15) is 23.7 Å². The van der Waals surface area contributed by atoms with E-state index in [1.807, 2.05) is 71.9 Å². The zero-order valence-electron chi connectivity index (χ0n) is 46.9. The summed E-state index contributed by atoms with van der Waals surface area (Å²) < 4.78 is 40.1. The Bertz CT molecular complexity index is 2960. The number of amides is 4. The van der Waals surface area contributed by atoms with Crippen molar-refractivity contribution in [3.05, 3.63) is 125 Å². The molecule has 4 fully saturated rings. The number of aromatic nitrogens is 2. The van der Waals surface area contributed by atoms with Crippen molar-refractivity contribution in [1.29, 1.82) is 0 Å². The number of aliphatic hydroxyl groups is 2. The highest BCUT2D eigenvalue weighted by Gasteiger charge is 2.51. The van der Waals surface area contributed by atoms with E-state index >= 15 is 0 Å². The fraction of sp³-hybridized carbons (Fsp3) is 0.500. The summed E-state index contributed by atoms with van der Waals surface area (Å²) in [5.41, 5.74) is 1.34. The minimum absolute atomic E-state index is 0.0400. The van der Waals surface area contributed by atoms with Crippen LogP contribution in [0, 0.1) is 11.6 Å². The molecular weight excluding hydrogens is 1140 g/mol. The van der Waals surface area contributed by atoms with Crippen LogP contribution in [0.1, 0.15) is 88.6 Å². The van der Waals surface area contributed by atoms with E-state index in [0.29, 0.717) is 83.5 Å². The second kappa shape index (κ2) is 25.0. The van der Waals surface area contributed by atoms with Gasteiger partial charge in [-0.1, -0.05) is 47.5 Å². The third kappa shape index (κ3) is 12.1. The van der Waals surface area contributed by atoms with E-state index in [1.165, 1.54) is 46.9 Å². The van der Waals surface area contributed by atoms with Gasteiger partial charge in [-0.3, -0.25) is 19.8 Å². The first-order chi connectivity index (χ1) is 39.1. The lowest BCUT2D eigenvalue weighted by Crippen LogP contribution is -2.61. The van der Waals surface area contributed by atoms with E-state index in [4.69, 9.17) is 42.7 Å². The Morgan fingerprint density at radius 2 is 1.05 bits per heavy atom. The van der Waals surface area contributed by atoms with Gasteiger partial charge in [0.2, 0.25) is 0 Å². The molecule has 440 valence electrons. The molecule has 6 aliphatic rings. The van der Waals surface area contributed by atoms with Gasteiger partial charge in [-0.25, -0.2) is 37.9 Å². The number of benzene rings is 2. The van der Waals surface area contributed by atoms with E-state index in [1.54, 1.807) is 38.4 Å². The first kappa shape index (κ1) is 60.5. The van der Waals surface area contributed by atoms with Gasteiger partial charge in [-0.2, -0.15) is 0 Å². The van der Waals surface area contributed by atoms with Crippen LogP contribution in [0.25, 0.3) is 0 Å². The number of fused-ring (bicyclic) bond motifs is 2. The van der Waals surface area contributed by atoms with Crippen molar-refractivity contribution in [2.45, 2.75) is 103 Å². The fourth-order valence-electron chi connectivity index (χ4n) is 11.3. The van der Waals surface area contributed by atoms with Crippen LogP contribution in [0.5, 0.6) is 0 Å². The van der Waals surface area contributed by atoms with E-state index in [2.05, 4.69) is 30.4 Å². The lowest BCUT2D eigenvalue weighted by atomic mass is 9.94. The molecule has 0 aliphatic carbocycles. The summed E-state index contributed by atoms with van der Waals surface area (Å²) in [6.45, 7) is 18.6. The molecule has 0 spiro atoms. The number of halogens is 4. The Morgan fingerprint density at radius 3 is 1.38 bits per heavy atom. The number of thiazole rings is 2. The monoisotopic (exact) mass is 1210 g/mol. The Hall–Kier alpha value is -6.12. The maximum absolute atomic E-state index is 14.6. The number of carbonyl (C=O) groups excluding carboxylic acids is 4. The van der Waals surface area contributed by atoms with E-state index in [9.17, 15) is 38.2 Å². The number of rotatable bonds is 14. The highest BCUT2D eigenvalue weighted by molar-refractivity contribution is 7.12. The number of piperazine rings is 2. The fourth-order valence-corrected chi connectivity index (χ4v) is 13.0. The smallest absolute Gasteiger partial charge is 0.338 e. The van der Waals surface area contributed by atoms with E-state index in [0.717, 1.165) is 0 Å². The number of carbonyl (C=O) groups is 4. The van der Waals surface area contributed by atoms with Crippen molar-refractivity contribution >= 4 is 81.5 Å². The Morgan fingerprint density at radius 1 is 0.659 bits per heavy atom. The molecular formula is C56H68Cl2F2N12O8S2. The van der Waals surface area contributed by atoms with E-state index < -0.39 is 35.7 Å². The molecule has 2 aromatic carbocycles. The minimum Gasteiger partial charge on any atom is -0.463 e. The zero-order chi connectivity index (χ0) is 58.9. The molecule has 6 aliphatic heterocycles. The SMILES string of the molecule is CCOC(=O)C1=C(CN2CCN3C(=O)N(C(C)(C)C)C[C@@H]3[C@H]2CO)NC(c2nccs2)=N[C@H]1c1cccc(F)c1Cl.CCOC(=O)C1=C(CN2CCN3C(=O)N(C(C)(C)C)C[C@H]3[C@@H]2CO)NC(c2nccs2)=N[C@H]1c1cccc(F)c1Cl. The molecule has 82 heavy (non-hydrogen) atoms. The molecule has 10 rings (SSSR count). The summed E-state index contributed by atoms with van der Waals surface area (Å²) in [5.74, 6) is -1.61. The van der Waals surface area contributed by atoms with Gasteiger partial charge in [0, 0.05) is 109 Å². The lowest BCUT2D eigenvalue weighted by Gasteiger charge is -2.43. The molecule has 6 atom stereocenters. The summed E-state index contributed by atoms with van der Waals surface area (Å²) in [6, 6.07) is 5.64. The number of nitrogens with one attached hydrogen (secondary N) is 2. The number of urea groups is 2. The summed E-state index contributed by atoms with van der Waals surface area (Å²) >= 11 is 15.6. The molecule has 4 saturated heterocycles. The second-order valence-corrected chi connectivity index (χ2v) is 24.8. The summed E-state index contributed by atoms with van der Waals surface area (Å²) in [6.07, 6.45) is 3.30. The molecule has 0 saturated carbocycles. The maximum Gasteiger partial charge on any atom is 0.338 e.